The van der Waals surface area contributed by atoms with Gasteiger partial charge in [-0.3, -0.25) is 4.79 Å². The molecule has 2 aromatic carbocycles. The van der Waals surface area contributed by atoms with Crippen molar-refractivity contribution >= 4 is 34.0 Å². The number of nitrogens with one attached hydrogen (secondary N) is 2. The summed E-state index contributed by atoms with van der Waals surface area (Å²) in [6, 6.07) is 5.33. The molecule has 0 fully saturated rings. The lowest BCUT2D eigenvalue weighted by Crippen LogP contribution is -2.40. The van der Waals surface area contributed by atoms with E-state index in [4.69, 9.17) is 36.1 Å². The van der Waals surface area contributed by atoms with Crippen molar-refractivity contribution in [2.75, 3.05) is 52.7 Å². The number of benzene rings is 2. The van der Waals surface area contributed by atoms with Crippen LogP contribution in [0.1, 0.15) is 12.5 Å². The van der Waals surface area contributed by atoms with E-state index in [1.54, 1.807) is 0 Å². The minimum absolute atomic E-state index is 0.00520. The molecule has 0 aliphatic heterocycles. The molecule has 0 heterocycles. The average Bonchev–Trinajstić information content (AvgIpc) is 2.93. The number of hydrogen-bond acceptors (Lipinski definition) is 9. The van der Waals surface area contributed by atoms with Gasteiger partial charge in [0.15, 0.2) is 23.3 Å². The molecular weight excluding hydrogens is 594 g/mol. The van der Waals surface area contributed by atoms with Crippen LogP contribution < -0.4 is 32.0 Å². The number of amides is 3. The molecule has 236 valence electrons. The number of hydrogen-bond donors (Lipinski definition) is 5. The first kappa shape index (κ1) is 35.0. The van der Waals surface area contributed by atoms with Crippen LogP contribution in [-0.2, 0) is 29.0 Å². The Morgan fingerprint density at radius 2 is 1.49 bits per heavy atom. The lowest BCUT2D eigenvalue weighted by Gasteiger charge is -2.11. The molecule has 0 bridgehead atoms. The molecule has 0 atom stereocenters. The molecule has 0 unspecified atom stereocenters. The highest BCUT2D eigenvalue weighted by molar-refractivity contribution is 7.90. The normalized spacial score (nSPS) is 11.6. The van der Waals surface area contributed by atoms with Gasteiger partial charge in [0.2, 0.25) is 0 Å². The van der Waals surface area contributed by atoms with Gasteiger partial charge in [0, 0.05) is 18.7 Å². The molecule has 0 saturated heterocycles. The summed E-state index contributed by atoms with van der Waals surface area (Å²) in [6.07, 6.45) is 1.18. The second-order valence-corrected chi connectivity index (χ2v) is 10.2. The van der Waals surface area contributed by atoms with Crippen LogP contribution >= 0.6 is 0 Å². The van der Waals surface area contributed by atoms with Crippen molar-refractivity contribution in [3.05, 3.63) is 59.2 Å². The van der Waals surface area contributed by atoms with E-state index in [0.29, 0.717) is 33.0 Å². The number of nitrogens with zero attached hydrogens (tertiary/aromatic N) is 1. The minimum Gasteiger partial charge on any atom is -0.451 e. The maximum atomic E-state index is 14.6. The zero-order valence-electron chi connectivity index (χ0n) is 23.3. The molecule has 0 aromatic heterocycles. The summed E-state index contributed by atoms with van der Waals surface area (Å²) in [5.74, 6) is -4.27. The van der Waals surface area contributed by atoms with E-state index in [1.807, 2.05) is 4.72 Å². The van der Waals surface area contributed by atoms with Crippen LogP contribution in [0.15, 0.2) is 51.9 Å². The van der Waals surface area contributed by atoms with Crippen LogP contribution in [0, 0.1) is 11.6 Å². The predicted octanol–water partition coefficient (Wildman–Crippen LogP) is 0.957. The number of aliphatic imine (C=N–C) groups is 1. The molecule has 0 saturated carbocycles. The van der Waals surface area contributed by atoms with Gasteiger partial charge in [-0.1, -0.05) is 0 Å². The first-order valence-electron chi connectivity index (χ1n) is 12.8. The number of ether oxygens (including phenoxy) is 4. The highest BCUT2D eigenvalue weighted by Crippen LogP contribution is 2.30. The number of halogens is 2. The molecule has 0 spiro atoms. The monoisotopic (exact) mass is 628 g/mol. The molecule has 2 rings (SSSR count). The summed E-state index contributed by atoms with van der Waals surface area (Å²) in [7, 11) is -4.27. The molecule has 0 aliphatic rings. The van der Waals surface area contributed by atoms with E-state index in [1.165, 1.54) is 13.0 Å². The van der Waals surface area contributed by atoms with Crippen molar-refractivity contribution in [1.29, 1.82) is 0 Å². The van der Waals surface area contributed by atoms with Crippen molar-refractivity contribution in [2.45, 2.75) is 11.8 Å². The molecule has 0 aliphatic carbocycles. The van der Waals surface area contributed by atoms with Gasteiger partial charge in [0.1, 0.15) is 5.75 Å². The van der Waals surface area contributed by atoms with Crippen LogP contribution in [0.2, 0.25) is 0 Å². The third-order valence-corrected chi connectivity index (χ3v) is 6.44. The largest absolute Gasteiger partial charge is 0.451 e. The van der Waals surface area contributed by atoms with E-state index in [-0.39, 0.29) is 41.5 Å². The highest BCUT2D eigenvalue weighted by Gasteiger charge is 2.19. The molecule has 3 amide bonds. The Morgan fingerprint density at radius 1 is 0.930 bits per heavy atom. The van der Waals surface area contributed by atoms with E-state index in [0.717, 1.165) is 36.4 Å². The fourth-order valence-electron chi connectivity index (χ4n) is 3.16. The number of rotatable bonds is 17. The summed E-state index contributed by atoms with van der Waals surface area (Å²) >= 11 is 0. The maximum absolute atomic E-state index is 14.6. The molecule has 8 N–H and O–H groups in total. The van der Waals surface area contributed by atoms with Crippen molar-refractivity contribution in [3.63, 3.8) is 0 Å². The summed E-state index contributed by atoms with van der Waals surface area (Å²) in [6.45, 7) is 3.79. The average molecular weight is 629 g/mol. The van der Waals surface area contributed by atoms with Crippen molar-refractivity contribution in [2.24, 2.45) is 22.2 Å². The summed E-state index contributed by atoms with van der Waals surface area (Å²) in [5, 5.41) is 2.35. The zero-order valence-corrected chi connectivity index (χ0v) is 24.1. The quantitative estimate of drug-likeness (QED) is 0.0719. The van der Waals surface area contributed by atoms with Gasteiger partial charge < -0.3 is 41.5 Å². The summed E-state index contributed by atoms with van der Waals surface area (Å²) < 4.78 is 77.0. The lowest BCUT2D eigenvalue weighted by molar-refractivity contribution is -0.114. The molecule has 2 aromatic rings. The van der Waals surface area contributed by atoms with Crippen LogP contribution in [0.3, 0.4) is 0 Å². The van der Waals surface area contributed by atoms with Gasteiger partial charge in [0.25, 0.3) is 15.9 Å². The fraction of sp³-hybridized carbons (Fsp3) is 0.346. The molecule has 43 heavy (non-hydrogen) atoms. The zero-order chi connectivity index (χ0) is 31.8. The number of urea groups is 1. The lowest BCUT2D eigenvalue weighted by atomic mass is 10.1. The second kappa shape index (κ2) is 17.7. The van der Waals surface area contributed by atoms with Gasteiger partial charge in [-0.15, -0.1) is 0 Å². The number of guanidine groups is 1. The van der Waals surface area contributed by atoms with Gasteiger partial charge in [0.05, 0.1) is 44.5 Å². The number of carbonyl (C=O) groups excluding carboxylic acids is 2. The summed E-state index contributed by atoms with van der Waals surface area (Å²) in [5.41, 5.74) is 15.6. The number of nitrogens with two attached hydrogens (primary N) is 3. The van der Waals surface area contributed by atoms with Crippen molar-refractivity contribution < 1.29 is 45.7 Å². The minimum atomic E-state index is -4.27. The Balaban J connectivity index is 1.86. The topological polar surface area (TPSA) is 220 Å². The van der Waals surface area contributed by atoms with Crippen LogP contribution in [-0.4, -0.2) is 79.0 Å². The van der Waals surface area contributed by atoms with E-state index >= 15 is 0 Å². The Kier molecular flexibility index (Phi) is 14.4. The second-order valence-electron chi connectivity index (χ2n) is 8.54. The summed E-state index contributed by atoms with van der Waals surface area (Å²) in [4.78, 5) is 26.8. The SMILES string of the molecule is C/C(=C\c1cc(F)c(Oc2ccc(S(=O)(=O)NC(=O)NCCOCCOCCOCCN)cc2)c(F)c1)C(=O)N=C(N)N. The van der Waals surface area contributed by atoms with E-state index in [2.05, 4.69) is 10.3 Å². The predicted molar refractivity (Wildman–Crippen MR) is 153 cm³/mol. The Hall–Kier alpha value is -4.16. The molecule has 0 radical (unpaired) electrons. The van der Waals surface area contributed by atoms with Gasteiger partial charge in [-0.2, -0.15) is 4.99 Å². The first-order chi connectivity index (χ1) is 20.4. The van der Waals surface area contributed by atoms with E-state index < -0.39 is 45.3 Å². The van der Waals surface area contributed by atoms with Crippen LogP contribution in [0.5, 0.6) is 11.5 Å². The molecular formula is C26H34F2N6O8S. The van der Waals surface area contributed by atoms with E-state index in [9.17, 15) is 26.8 Å². The molecule has 17 heteroatoms. The third kappa shape index (κ3) is 12.7. The standard InChI is InChI=1S/C26H34F2N6O8S/c1-17(24(35)33-25(30)31)14-18-15-21(27)23(22(28)16-18)42-19-2-4-20(5-3-19)43(37,38)34-26(36)32-7-9-40-11-13-41-12-10-39-8-6-29/h2-5,14-16H,6-13,29H2,1H3,(H2,32,34,36)(H4,30,31,33,35)/b17-14+. The fourth-order valence-corrected chi connectivity index (χ4v) is 4.09. The Morgan fingerprint density at radius 3 is 2.05 bits per heavy atom. The van der Waals surface area contributed by atoms with Gasteiger partial charge >= 0.3 is 6.03 Å². The highest BCUT2D eigenvalue weighted by atomic mass is 32.2. The maximum Gasteiger partial charge on any atom is 0.328 e. The Labute approximate surface area is 247 Å². The van der Waals surface area contributed by atoms with Crippen molar-refractivity contribution in [3.8, 4) is 11.5 Å². The Bertz CT molecular complexity index is 1380. The number of carbonyl (C=O) groups is 2. The molecule has 14 nitrogen and oxygen atoms in total. The smallest absolute Gasteiger partial charge is 0.328 e. The van der Waals surface area contributed by atoms with Crippen molar-refractivity contribution in [1.82, 2.24) is 10.0 Å². The number of sulfonamides is 1. The third-order valence-electron chi connectivity index (χ3n) is 5.09. The van der Waals surface area contributed by atoms with Gasteiger partial charge in [-0.05, 0) is 55.0 Å². The van der Waals surface area contributed by atoms with Crippen LogP contribution in [0.25, 0.3) is 6.08 Å². The van der Waals surface area contributed by atoms with Crippen LogP contribution in [0.4, 0.5) is 13.6 Å². The van der Waals surface area contributed by atoms with Gasteiger partial charge in [-0.25, -0.2) is 26.7 Å². The first-order valence-corrected chi connectivity index (χ1v) is 14.2.